The minimum atomic E-state index is 0.589. The maximum atomic E-state index is 5.92. The number of hydrogen-bond acceptors (Lipinski definition) is 5. The first-order chi connectivity index (χ1) is 10.3. The molecule has 108 valence electrons. The van der Waals surface area contributed by atoms with Crippen molar-refractivity contribution in [3.05, 3.63) is 48.0 Å². The van der Waals surface area contributed by atoms with Crippen molar-refractivity contribution in [3.8, 4) is 0 Å². The normalized spacial score (nSPS) is 10.9. The third-order valence-corrected chi connectivity index (χ3v) is 3.48. The molecule has 0 saturated carbocycles. The monoisotopic (exact) mass is 282 g/mol. The summed E-state index contributed by atoms with van der Waals surface area (Å²) >= 11 is 0. The van der Waals surface area contributed by atoms with Crippen LogP contribution in [0, 0.1) is 0 Å². The molecule has 3 rings (SSSR count). The zero-order valence-corrected chi connectivity index (χ0v) is 12.0. The molecule has 0 amide bonds. The van der Waals surface area contributed by atoms with Crippen LogP contribution in [0.3, 0.4) is 0 Å². The second kappa shape index (κ2) is 5.83. The van der Waals surface area contributed by atoms with Crippen molar-refractivity contribution in [3.63, 3.8) is 0 Å². The standard InChI is InChI=1S/C16H18N4O/c1-2-10-20(11-12-6-4-3-5-7-12)14-9-8-13(17)15-16(14)19-21-18-15/h3-9H,2,10-11,17H2,1H3. The molecule has 1 aromatic heterocycles. The average molecular weight is 282 g/mol. The fourth-order valence-corrected chi connectivity index (χ4v) is 2.49. The van der Waals surface area contributed by atoms with Crippen LogP contribution in [-0.4, -0.2) is 16.9 Å². The minimum absolute atomic E-state index is 0.589. The Kier molecular flexibility index (Phi) is 3.73. The van der Waals surface area contributed by atoms with Crippen LogP contribution < -0.4 is 10.6 Å². The Bertz CT molecular complexity index is 723. The molecule has 0 fully saturated rings. The van der Waals surface area contributed by atoms with E-state index >= 15 is 0 Å². The first kappa shape index (κ1) is 13.4. The van der Waals surface area contributed by atoms with E-state index in [1.165, 1.54) is 5.56 Å². The zero-order valence-electron chi connectivity index (χ0n) is 12.0. The van der Waals surface area contributed by atoms with Crippen molar-refractivity contribution in [2.75, 3.05) is 17.2 Å². The Morgan fingerprint density at radius 3 is 2.57 bits per heavy atom. The molecule has 0 unspecified atom stereocenters. The molecule has 0 aliphatic rings. The molecule has 0 radical (unpaired) electrons. The summed E-state index contributed by atoms with van der Waals surface area (Å²) in [4.78, 5) is 2.28. The Labute approximate surface area is 123 Å². The summed E-state index contributed by atoms with van der Waals surface area (Å²) in [7, 11) is 0. The number of fused-ring (bicyclic) bond motifs is 1. The highest BCUT2D eigenvalue weighted by Gasteiger charge is 2.15. The Morgan fingerprint density at radius 1 is 1.05 bits per heavy atom. The van der Waals surface area contributed by atoms with E-state index in [-0.39, 0.29) is 0 Å². The highest BCUT2D eigenvalue weighted by molar-refractivity contribution is 5.95. The van der Waals surface area contributed by atoms with Crippen LogP contribution >= 0.6 is 0 Å². The molecular weight excluding hydrogens is 264 g/mol. The Hall–Kier alpha value is -2.56. The van der Waals surface area contributed by atoms with Crippen LogP contribution in [0.2, 0.25) is 0 Å². The van der Waals surface area contributed by atoms with Gasteiger partial charge < -0.3 is 10.6 Å². The lowest BCUT2D eigenvalue weighted by molar-refractivity contribution is 0.315. The summed E-state index contributed by atoms with van der Waals surface area (Å²) in [6, 6.07) is 14.2. The number of hydrogen-bond donors (Lipinski definition) is 1. The van der Waals surface area contributed by atoms with Gasteiger partial charge in [0.1, 0.15) is 0 Å². The van der Waals surface area contributed by atoms with Gasteiger partial charge in [-0.3, -0.25) is 0 Å². The summed E-state index contributed by atoms with van der Waals surface area (Å²) in [6.07, 6.45) is 1.05. The molecule has 0 bridgehead atoms. The summed E-state index contributed by atoms with van der Waals surface area (Å²) in [6.45, 7) is 3.91. The van der Waals surface area contributed by atoms with Gasteiger partial charge in [-0.2, -0.15) is 0 Å². The molecule has 5 nitrogen and oxygen atoms in total. The van der Waals surface area contributed by atoms with Gasteiger partial charge in [-0.1, -0.05) is 37.3 Å². The van der Waals surface area contributed by atoms with Gasteiger partial charge in [0, 0.05) is 13.1 Å². The topological polar surface area (TPSA) is 68.2 Å². The number of nitrogens with two attached hydrogens (primary N) is 1. The van der Waals surface area contributed by atoms with Crippen LogP contribution in [0.4, 0.5) is 11.4 Å². The number of rotatable bonds is 5. The molecular formula is C16H18N4O. The lowest BCUT2D eigenvalue weighted by Gasteiger charge is -2.24. The summed E-state index contributed by atoms with van der Waals surface area (Å²) < 4.78 is 4.86. The quantitative estimate of drug-likeness (QED) is 0.728. The fourth-order valence-electron chi connectivity index (χ4n) is 2.49. The number of nitrogens with zero attached hydrogens (tertiary/aromatic N) is 3. The van der Waals surface area contributed by atoms with Gasteiger partial charge in [-0.15, -0.1) is 0 Å². The van der Waals surface area contributed by atoms with Gasteiger partial charge in [0.05, 0.1) is 11.4 Å². The van der Waals surface area contributed by atoms with Crippen molar-refractivity contribution in [1.29, 1.82) is 0 Å². The van der Waals surface area contributed by atoms with Crippen LogP contribution in [0.15, 0.2) is 47.1 Å². The number of benzene rings is 2. The second-order valence-corrected chi connectivity index (χ2v) is 5.04. The molecule has 0 atom stereocenters. The van der Waals surface area contributed by atoms with E-state index in [4.69, 9.17) is 10.4 Å². The van der Waals surface area contributed by atoms with E-state index in [0.29, 0.717) is 11.2 Å². The van der Waals surface area contributed by atoms with Crippen molar-refractivity contribution in [2.45, 2.75) is 19.9 Å². The fraction of sp³-hybridized carbons (Fsp3) is 0.250. The predicted molar refractivity (Wildman–Crippen MR) is 84.0 cm³/mol. The summed E-state index contributed by atoms with van der Waals surface area (Å²) in [5, 5.41) is 7.91. The van der Waals surface area contributed by atoms with Gasteiger partial charge >= 0.3 is 0 Å². The van der Waals surface area contributed by atoms with Crippen molar-refractivity contribution < 1.29 is 4.63 Å². The first-order valence-corrected chi connectivity index (χ1v) is 7.09. The third kappa shape index (κ3) is 2.67. The van der Waals surface area contributed by atoms with E-state index in [0.717, 1.165) is 30.7 Å². The maximum absolute atomic E-state index is 5.92. The maximum Gasteiger partial charge on any atom is 0.160 e. The zero-order chi connectivity index (χ0) is 14.7. The van der Waals surface area contributed by atoms with E-state index in [2.05, 4.69) is 46.4 Å². The Morgan fingerprint density at radius 2 is 1.81 bits per heavy atom. The summed E-state index contributed by atoms with van der Waals surface area (Å²) in [5.41, 5.74) is 10.1. The van der Waals surface area contributed by atoms with E-state index in [1.807, 2.05) is 18.2 Å². The highest BCUT2D eigenvalue weighted by Crippen LogP contribution is 2.29. The average Bonchev–Trinajstić information content (AvgIpc) is 2.99. The van der Waals surface area contributed by atoms with Crippen LogP contribution in [0.1, 0.15) is 18.9 Å². The van der Waals surface area contributed by atoms with E-state index in [1.54, 1.807) is 0 Å². The third-order valence-electron chi connectivity index (χ3n) is 3.48. The first-order valence-electron chi connectivity index (χ1n) is 7.09. The van der Waals surface area contributed by atoms with Gasteiger partial charge in [0.15, 0.2) is 11.0 Å². The molecule has 2 N–H and O–H groups in total. The van der Waals surface area contributed by atoms with E-state index in [9.17, 15) is 0 Å². The number of aromatic nitrogens is 2. The molecule has 0 aliphatic carbocycles. The minimum Gasteiger partial charge on any atom is -0.397 e. The highest BCUT2D eigenvalue weighted by atomic mass is 16.6. The molecule has 2 aromatic carbocycles. The lowest BCUT2D eigenvalue weighted by Crippen LogP contribution is -2.23. The van der Waals surface area contributed by atoms with Crippen LogP contribution in [0.5, 0.6) is 0 Å². The molecule has 1 heterocycles. The molecule has 5 heteroatoms. The molecule has 21 heavy (non-hydrogen) atoms. The molecule has 0 aliphatic heterocycles. The predicted octanol–water partition coefficient (Wildman–Crippen LogP) is 3.22. The molecule has 0 spiro atoms. The van der Waals surface area contributed by atoms with Crippen molar-refractivity contribution in [1.82, 2.24) is 10.3 Å². The smallest absolute Gasteiger partial charge is 0.160 e. The van der Waals surface area contributed by atoms with Gasteiger partial charge in [0.2, 0.25) is 0 Å². The van der Waals surface area contributed by atoms with Crippen LogP contribution in [-0.2, 0) is 6.54 Å². The van der Waals surface area contributed by atoms with E-state index < -0.39 is 0 Å². The molecule has 0 saturated heterocycles. The molecule has 3 aromatic rings. The second-order valence-electron chi connectivity index (χ2n) is 5.04. The SMILES string of the molecule is CCCN(Cc1ccccc1)c1ccc(N)c2nonc12. The van der Waals surface area contributed by atoms with Gasteiger partial charge in [-0.05, 0) is 34.4 Å². The summed E-state index contributed by atoms with van der Waals surface area (Å²) in [5.74, 6) is 0. The Balaban J connectivity index is 1.99. The van der Waals surface area contributed by atoms with Crippen LogP contribution in [0.25, 0.3) is 11.0 Å². The van der Waals surface area contributed by atoms with Crippen molar-refractivity contribution in [2.24, 2.45) is 0 Å². The largest absolute Gasteiger partial charge is 0.397 e. The number of anilines is 2. The number of nitrogen functional groups attached to an aromatic ring is 1. The van der Waals surface area contributed by atoms with Gasteiger partial charge in [0.25, 0.3) is 0 Å². The lowest BCUT2D eigenvalue weighted by atomic mass is 10.1. The van der Waals surface area contributed by atoms with Crippen molar-refractivity contribution >= 4 is 22.4 Å². The van der Waals surface area contributed by atoms with Gasteiger partial charge in [-0.25, -0.2) is 4.63 Å².